The van der Waals surface area contributed by atoms with Crippen LogP contribution in [0, 0.1) is 5.92 Å². The number of rotatable bonds is 8. The molecule has 2 aromatic carbocycles. The molecule has 7 nitrogen and oxygen atoms in total. The first-order valence-corrected chi connectivity index (χ1v) is 10.4. The predicted octanol–water partition coefficient (Wildman–Crippen LogP) is 3.53. The molecule has 0 bridgehead atoms. The SMILES string of the molecule is CC(NC(=O)C[C@H](C)NC(=O)OCC1c2ccccc2-c2ccccc21)C(C)C(=O)O. The Balaban J connectivity index is 1.51. The van der Waals surface area contributed by atoms with Crippen LogP contribution in [0.2, 0.25) is 0 Å². The van der Waals surface area contributed by atoms with Gasteiger partial charge < -0.3 is 20.5 Å². The van der Waals surface area contributed by atoms with Gasteiger partial charge in [0.1, 0.15) is 6.61 Å². The zero-order valence-electron chi connectivity index (χ0n) is 17.9. The molecule has 1 aliphatic carbocycles. The lowest BCUT2D eigenvalue weighted by Gasteiger charge is -2.20. The van der Waals surface area contributed by atoms with E-state index in [0.717, 1.165) is 22.3 Å². The highest BCUT2D eigenvalue weighted by atomic mass is 16.5. The van der Waals surface area contributed by atoms with Crippen LogP contribution in [0.5, 0.6) is 0 Å². The van der Waals surface area contributed by atoms with Crippen molar-refractivity contribution in [1.82, 2.24) is 10.6 Å². The number of benzene rings is 2. The molecule has 2 aromatic rings. The Morgan fingerprint density at radius 2 is 1.48 bits per heavy atom. The monoisotopic (exact) mass is 424 g/mol. The van der Waals surface area contributed by atoms with Gasteiger partial charge in [0.25, 0.3) is 0 Å². The predicted molar refractivity (Wildman–Crippen MR) is 117 cm³/mol. The van der Waals surface area contributed by atoms with Crippen molar-refractivity contribution >= 4 is 18.0 Å². The first-order chi connectivity index (χ1) is 14.8. The van der Waals surface area contributed by atoms with Gasteiger partial charge in [-0.1, -0.05) is 48.5 Å². The van der Waals surface area contributed by atoms with Crippen LogP contribution in [0.25, 0.3) is 11.1 Å². The fourth-order valence-corrected chi connectivity index (χ4v) is 3.82. The van der Waals surface area contributed by atoms with Crippen LogP contribution < -0.4 is 10.6 Å². The molecule has 164 valence electrons. The van der Waals surface area contributed by atoms with E-state index >= 15 is 0 Å². The normalized spacial score (nSPS) is 15.2. The molecule has 1 aliphatic rings. The molecule has 3 rings (SSSR count). The number of carbonyl (C=O) groups is 3. The molecule has 0 saturated carbocycles. The molecule has 0 aromatic heterocycles. The van der Waals surface area contributed by atoms with Crippen molar-refractivity contribution in [3.8, 4) is 11.1 Å². The third-order valence-electron chi connectivity index (χ3n) is 5.73. The van der Waals surface area contributed by atoms with Crippen LogP contribution in [0.4, 0.5) is 4.79 Å². The second-order valence-corrected chi connectivity index (χ2v) is 8.06. The molecule has 3 N–H and O–H groups in total. The third kappa shape index (κ3) is 5.23. The van der Waals surface area contributed by atoms with Gasteiger partial charge in [0.05, 0.1) is 5.92 Å². The fraction of sp³-hybridized carbons (Fsp3) is 0.375. The van der Waals surface area contributed by atoms with E-state index in [2.05, 4.69) is 22.8 Å². The highest BCUT2D eigenvalue weighted by molar-refractivity contribution is 5.80. The molecular weight excluding hydrogens is 396 g/mol. The average molecular weight is 424 g/mol. The van der Waals surface area contributed by atoms with Gasteiger partial charge in [-0.3, -0.25) is 9.59 Å². The van der Waals surface area contributed by atoms with E-state index in [0.29, 0.717) is 0 Å². The van der Waals surface area contributed by atoms with E-state index in [4.69, 9.17) is 9.84 Å². The highest BCUT2D eigenvalue weighted by Crippen LogP contribution is 2.44. The Morgan fingerprint density at radius 3 is 2.03 bits per heavy atom. The quantitative estimate of drug-likeness (QED) is 0.601. The lowest BCUT2D eigenvalue weighted by atomic mass is 9.98. The Labute approximate surface area is 181 Å². The maximum Gasteiger partial charge on any atom is 0.407 e. The number of amides is 2. The molecule has 0 heterocycles. The van der Waals surface area contributed by atoms with Crippen molar-refractivity contribution in [3.63, 3.8) is 0 Å². The number of carboxylic acid groups (broad SMARTS) is 1. The average Bonchev–Trinajstić information content (AvgIpc) is 3.05. The van der Waals surface area contributed by atoms with Crippen LogP contribution in [0.1, 0.15) is 44.2 Å². The Hall–Kier alpha value is -3.35. The van der Waals surface area contributed by atoms with Crippen LogP contribution in [-0.4, -0.2) is 41.8 Å². The molecule has 2 amide bonds. The maximum absolute atomic E-state index is 12.3. The molecule has 0 spiro atoms. The number of fused-ring (bicyclic) bond motifs is 3. The van der Waals surface area contributed by atoms with Gasteiger partial charge in [0.15, 0.2) is 0 Å². The molecular formula is C24H28N2O5. The minimum absolute atomic E-state index is 0.0286. The summed E-state index contributed by atoms with van der Waals surface area (Å²) in [6, 6.07) is 15.2. The van der Waals surface area contributed by atoms with Gasteiger partial charge in [0, 0.05) is 24.4 Å². The van der Waals surface area contributed by atoms with Crippen molar-refractivity contribution in [3.05, 3.63) is 59.7 Å². The Kier molecular flexibility index (Phi) is 6.95. The van der Waals surface area contributed by atoms with Crippen molar-refractivity contribution in [2.45, 2.75) is 45.2 Å². The second-order valence-electron chi connectivity index (χ2n) is 8.06. The standard InChI is InChI=1S/C24H28N2O5/c1-14(12-22(27)26-16(3)15(2)23(28)29)25-24(30)31-13-21-19-10-6-4-8-17(19)18-9-5-7-11-20(18)21/h4-11,14-16,21H,12-13H2,1-3H3,(H,25,30)(H,26,27)(H,28,29)/t14-,15?,16?/m0/s1. The fourth-order valence-electron chi connectivity index (χ4n) is 3.82. The molecule has 0 saturated heterocycles. The largest absolute Gasteiger partial charge is 0.481 e. The molecule has 31 heavy (non-hydrogen) atoms. The molecule has 3 atom stereocenters. The number of alkyl carbamates (subject to hydrolysis) is 1. The van der Waals surface area contributed by atoms with E-state index in [1.54, 1.807) is 13.8 Å². The van der Waals surface area contributed by atoms with E-state index < -0.39 is 30.1 Å². The van der Waals surface area contributed by atoms with E-state index in [-0.39, 0.29) is 24.9 Å². The molecule has 2 unspecified atom stereocenters. The molecule has 7 heteroatoms. The number of aliphatic carboxylic acids is 1. The van der Waals surface area contributed by atoms with Gasteiger partial charge >= 0.3 is 12.1 Å². The van der Waals surface area contributed by atoms with E-state index in [1.807, 2.05) is 36.4 Å². The topological polar surface area (TPSA) is 105 Å². The minimum Gasteiger partial charge on any atom is -0.481 e. The summed E-state index contributed by atoms with van der Waals surface area (Å²) < 4.78 is 5.48. The Bertz CT molecular complexity index is 928. The van der Waals surface area contributed by atoms with E-state index in [9.17, 15) is 14.4 Å². The van der Waals surface area contributed by atoms with Crippen molar-refractivity contribution < 1.29 is 24.2 Å². The van der Waals surface area contributed by atoms with Gasteiger partial charge in [-0.05, 0) is 43.0 Å². The summed E-state index contributed by atoms with van der Waals surface area (Å²) >= 11 is 0. The van der Waals surface area contributed by atoms with Crippen molar-refractivity contribution in [2.24, 2.45) is 5.92 Å². The number of hydrogen-bond donors (Lipinski definition) is 3. The zero-order chi connectivity index (χ0) is 22.5. The third-order valence-corrected chi connectivity index (χ3v) is 5.73. The number of hydrogen-bond acceptors (Lipinski definition) is 4. The zero-order valence-corrected chi connectivity index (χ0v) is 17.9. The van der Waals surface area contributed by atoms with Crippen LogP contribution in [0.3, 0.4) is 0 Å². The number of ether oxygens (including phenoxy) is 1. The molecule has 0 fully saturated rings. The minimum atomic E-state index is -0.974. The summed E-state index contributed by atoms with van der Waals surface area (Å²) in [6.07, 6.45) is -0.560. The molecule has 0 radical (unpaired) electrons. The lowest BCUT2D eigenvalue weighted by Crippen LogP contribution is -2.43. The number of carboxylic acids is 1. The van der Waals surface area contributed by atoms with Crippen molar-refractivity contribution in [1.29, 1.82) is 0 Å². The van der Waals surface area contributed by atoms with Gasteiger partial charge in [-0.2, -0.15) is 0 Å². The van der Waals surface area contributed by atoms with Crippen LogP contribution >= 0.6 is 0 Å². The van der Waals surface area contributed by atoms with Crippen LogP contribution in [0.15, 0.2) is 48.5 Å². The molecule has 0 aliphatic heterocycles. The summed E-state index contributed by atoms with van der Waals surface area (Å²) in [5, 5.41) is 14.3. The lowest BCUT2D eigenvalue weighted by molar-refractivity contribution is -0.142. The van der Waals surface area contributed by atoms with E-state index in [1.165, 1.54) is 6.92 Å². The smallest absolute Gasteiger partial charge is 0.407 e. The summed E-state index contributed by atoms with van der Waals surface area (Å²) in [5.41, 5.74) is 4.57. The highest BCUT2D eigenvalue weighted by Gasteiger charge is 2.29. The maximum atomic E-state index is 12.3. The number of nitrogens with one attached hydrogen (secondary N) is 2. The van der Waals surface area contributed by atoms with Gasteiger partial charge in [0.2, 0.25) is 5.91 Å². The summed E-state index contributed by atoms with van der Waals surface area (Å²) in [7, 11) is 0. The number of carbonyl (C=O) groups excluding carboxylic acids is 2. The first kappa shape index (κ1) is 22.3. The van der Waals surface area contributed by atoms with Gasteiger partial charge in [-0.15, -0.1) is 0 Å². The van der Waals surface area contributed by atoms with Gasteiger partial charge in [-0.25, -0.2) is 4.79 Å². The second kappa shape index (κ2) is 9.64. The Morgan fingerprint density at radius 1 is 0.935 bits per heavy atom. The summed E-state index contributed by atoms with van der Waals surface area (Å²) in [4.78, 5) is 35.4. The first-order valence-electron chi connectivity index (χ1n) is 10.4. The van der Waals surface area contributed by atoms with Crippen molar-refractivity contribution in [2.75, 3.05) is 6.61 Å². The summed E-state index contributed by atoms with van der Waals surface area (Å²) in [6.45, 7) is 5.07. The summed E-state index contributed by atoms with van der Waals surface area (Å²) in [5.74, 6) is -2.03. The van der Waals surface area contributed by atoms with Crippen LogP contribution in [-0.2, 0) is 14.3 Å².